The molecule has 104 valence electrons. The average Bonchev–Trinajstić information content (AvgIpc) is 3.03. The molecule has 2 heterocycles. The highest BCUT2D eigenvalue weighted by atomic mass is 16.2. The zero-order valence-electron chi connectivity index (χ0n) is 11.8. The van der Waals surface area contributed by atoms with Gasteiger partial charge in [0.15, 0.2) is 12.3 Å². The fourth-order valence-corrected chi connectivity index (χ4v) is 2.65. The molecular formula is C15H24N3O+. The van der Waals surface area contributed by atoms with Crippen molar-refractivity contribution in [1.82, 2.24) is 9.97 Å². The minimum absolute atomic E-state index is 0.296. The zero-order valence-corrected chi connectivity index (χ0v) is 11.8. The lowest BCUT2D eigenvalue weighted by molar-refractivity contribution is -0.444. The van der Waals surface area contributed by atoms with Crippen LogP contribution in [0.3, 0.4) is 0 Å². The standard InChI is InChI=1S/C15H24N3O/c1-2-3-4-5-6-14-7-8-15(19)18(14)10-9-13-11-16-12-17-13/h11-12H,2-10H2,1H3,(H,16,17)/q+1. The molecule has 1 aliphatic rings. The molecule has 0 aliphatic carbocycles. The first-order valence-electron chi connectivity index (χ1n) is 7.43. The zero-order chi connectivity index (χ0) is 13.5. The number of H-pyrrole nitrogens is 1. The van der Waals surface area contributed by atoms with Gasteiger partial charge >= 0.3 is 5.91 Å². The van der Waals surface area contributed by atoms with Gasteiger partial charge in [0.25, 0.3) is 0 Å². The highest BCUT2D eigenvalue weighted by molar-refractivity contribution is 5.92. The first kappa shape index (κ1) is 14.0. The van der Waals surface area contributed by atoms with Gasteiger partial charge in [-0.2, -0.15) is 4.58 Å². The molecule has 1 aliphatic heterocycles. The van der Waals surface area contributed by atoms with E-state index in [0.717, 1.165) is 31.5 Å². The van der Waals surface area contributed by atoms with Crippen molar-refractivity contribution in [3.05, 3.63) is 18.2 Å². The van der Waals surface area contributed by atoms with E-state index in [4.69, 9.17) is 0 Å². The SMILES string of the molecule is CCCCCCC1=[N+](CCc2cnc[nH]2)C(=O)CC1. The third-order valence-corrected chi connectivity index (χ3v) is 3.79. The van der Waals surface area contributed by atoms with Crippen molar-refractivity contribution in [3.63, 3.8) is 0 Å². The van der Waals surface area contributed by atoms with Crippen LogP contribution in [0.5, 0.6) is 0 Å². The van der Waals surface area contributed by atoms with E-state index in [1.807, 2.05) is 10.8 Å². The molecule has 4 nitrogen and oxygen atoms in total. The maximum Gasteiger partial charge on any atom is 0.387 e. The summed E-state index contributed by atoms with van der Waals surface area (Å²) in [6.07, 6.45) is 12.2. The number of rotatable bonds is 8. The number of aromatic nitrogens is 2. The number of unbranched alkanes of at least 4 members (excludes halogenated alkanes) is 3. The van der Waals surface area contributed by atoms with E-state index >= 15 is 0 Å². The maximum absolute atomic E-state index is 11.9. The molecule has 2 rings (SSSR count). The Hall–Kier alpha value is -1.45. The van der Waals surface area contributed by atoms with Gasteiger partial charge in [0.05, 0.1) is 12.7 Å². The molecule has 1 N–H and O–H groups in total. The topological polar surface area (TPSA) is 48.8 Å². The number of carbonyl (C=O) groups is 1. The van der Waals surface area contributed by atoms with Crippen molar-refractivity contribution in [2.75, 3.05) is 6.54 Å². The van der Waals surface area contributed by atoms with E-state index in [-0.39, 0.29) is 0 Å². The van der Waals surface area contributed by atoms with Crippen LogP contribution in [0.15, 0.2) is 12.5 Å². The molecule has 0 atom stereocenters. The van der Waals surface area contributed by atoms with Crippen molar-refractivity contribution < 1.29 is 9.37 Å². The van der Waals surface area contributed by atoms with Gasteiger partial charge in [0.2, 0.25) is 0 Å². The molecule has 0 spiro atoms. The number of nitrogens with zero attached hydrogens (tertiary/aromatic N) is 2. The Morgan fingerprint density at radius 1 is 1.26 bits per heavy atom. The monoisotopic (exact) mass is 262 g/mol. The Morgan fingerprint density at radius 2 is 2.16 bits per heavy atom. The van der Waals surface area contributed by atoms with Gasteiger partial charge in [0, 0.05) is 31.2 Å². The minimum Gasteiger partial charge on any atom is -0.348 e. The summed E-state index contributed by atoms with van der Waals surface area (Å²) in [6.45, 7) is 3.02. The average molecular weight is 262 g/mol. The van der Waals surface area contributed by atoms with Gasteiger partial charge in [-0.25, -0.2) is 9.78 Å². The van der Waals surface area contributed by atoms with Crippen LogP contribution in [0.2, 0.25) is 0 Å². The predicted octanol–water partition coefficient (Wildman–Crippen LogP) is 2.70. The Morgan fingerprint density at radius 3 is 2.89 bits per heavy atom. The Labute approximate surface area is 115 Å². The van der Waals surface area contributed by atoms with E-state index in [0.29, 0.717) is 12.3 Å². The lowest BCUT2D eigenvalue weighted by Crippen LogP contribution is -2.22. The van der Waals surface area contributed by atoms with Crippen molar-refractivity contribution in [1.29, 1.82) is 0 Å². The van der Waals surface area contributed by atoms with Gasteiger partial charge in [-0.05, 0) is 6.42 Å². The van der Waals surface area contributed by atoms with E-state index < -0.39 is 0 Å². The number of imidazole rings is 1. The third-order valence-electron chi connectivity index (χ3n) is 3.79. The van der Waals surface area contributed by atoms with Crippen LogP contribution in [0.4, 0.5) is 0 Å². The second kappa shape index (κ2) is 7.22. The molecule has 1 aromatic heterocycles. The highest BCUT2D eigenvalue weighted by Crippen LogP contribution is 2.13. The number of amides is 1. The largest absolute Gasteiger partial charge is 0.387 e. The van der Waals surface area contributed by atoms with Crippen LogP contribution in [-0.2, 0) is 11.2 Å². The Balaban J connectivity index is 1.87. The summed E-state index contributed by atoms with van der Waals surface area (Å²) < 4.78 is 2.01. The van der Waals surface area contributed by atoms with Gasteiger partial charge in [0.1, 0.15) is 0 Å². The third kappa shape index (κ3) is 4.01. The van der Waals surface area contributed by atoms with Crippen LogP contribution >= 0.6 is 0 Å². The summed E-state index contributed by atoms with van der Waals surface area (Å²) in [4.78, 5) is 19.0. The smallest absolute Gasteiger partial charge is 0.348 e. The lowest BCUT2D eigenvalue weighted by atomic mass is 10.1. The van der Waals surface area contributed by atoms with E-state index in [2.05, 4.69) is 16.9 Å². The molecular weight excluding hydrogens is 238 g/mol. The molecule has 1 aromatic rings. The fourth-order valence-electron chi connectivity index (χ4n) is 2.65. The molecule has 0 bridgehead atoms. The maximum atomic E-state index is 11.9. The van der Waals surface area contributed by atoms with Crippen LogP contribution in [-0.4, -0.2) is 32.7 Å². The number of carbonyl (C=O) groups excluding carboxylic acids is 1. The van der Waals surface area contributed by atoms with Gasteiger partial charge in [-0.1, -0.05) is 26.2 Å². The first-order chi connectivity index (χ1) is 9.31. The van der Waals surface area contributed by atoms with Crippen LogP contribution in [0, 0.1) is 0 Å². The molecule has 4 heteroatoms. The van der Waals surface area contributed by atoms with Crippen molar-refractivity contribution in [2.24, 2.45) is 0 Å². The molecule has 19 heavy (non-hydrogen) atoms. The summed E-state index contributed by atoms with van der Waals surface area (Å²) >= 11 is 0. The molecule has 0 fully saturated rings. The second-order valence-electron chi connectivity index (χ2n) is 5.25. The molecule has 0 radical (unpaired) electrons. The quantitative estimate of drug-likeness (QED) is 0.578. The number of hydrogen-bond donors (Lipinski definition) is 1. The fraction of sp³-hybridized carbons (Fsp3) is 0.667. The van der Waals surface area contributed by atoms with Crippen LogP contribution < -0.4 is 0 Å². The van der Waals surface area contributed by atoms with E-state index in [9.17, 15) is 4.79 Å². The van der Waals surface area contributed by atoms with Crippen molar-refractivity contribution in [2.45, 2.75) is 58.3 Å². The summed E-state index contributed by atoms with van der Waals surface area (Å²) in [5, 5.41) is 0. The molecule has 0 saturated carbocycles. The van der Waals surface area contributed by atoms with Crippen molar-refractivity contribution in [3.8, 4) is 0 Å². The van der Waals surface area contributed by atoms with E-state index in [1.54, 1.807) is 6.33 Å². The van der Waals surface area contributed by atoms with Crippen molar-refractivity contribution >= 4 is 11.6 Å². The summed E-state index contributed by atoms with van der Waals surface area (Å²) in [5.41, 5.74) is 2.45. The Bertz CT molecular complexity index is 434. The normalized spacial score (nSPS) is 15.5. The number of hydrogen-bond acceptors (Lipinski definition) is 2. The van der Waals surface area contributed by atoms with Gasteiger partial charge < -0.3 is 4.98 Å². The molecule has 0 aromatic carbocycles. The lowest BCUT2D eigenvalue weighted by Gasteiger charge is -2.01. The molecule has 1 amide bonds. The molecule has 0 unspecified atom stereocenters. The van der Waals surface area contributed by atoms with Crippen LogP contribution in [0.25, 0.3) is 0 Å². The highest BCUT2D eigenvalue weighted by Gasteiger charge is 2.30. The van der Waals surface area contributed by atoms with E-state index in [1.165, 1.54) is 31.4 Å². The summed E-state index contributed by atoms with van der Waals surface area (Å²) in [6, 6.07) is 0. The number of nitrogens with one attached hydrogen (secondary N) is 1. The summed E-state index contributed by atoms with van der Waals surface area (Å²) in [5.74, 6) is 0.296. The van der Waals surface area contributed by atoms with Gasteiger partial charge in [-0.3, -0.25) is 0 Å². The first-order valence-corrected chi connectivity index (χ1v) is 7.43. The molecule has 0 saturated heterocycles. The second-order valence-corrected chi connectivity index (χ2v) is 5.25. The Kier molecular flexibility index (Phi) is 5.31. The van der Waals surface area contributed by atoms with Gasteiger partial charge in [-0.15, -0.1) is 0 Å². The van der Waals surface area contributed by atoms with Crippen LogP contribution in [0.1, 0.15) is 57.6 Å². The number of aromatic amines is 1. The minimum atomic E-state index is 0.296. The predicted molar refractivity (Wildman–Crippen MR) is 75.4 cm³/mol. The summed E-state index contributed by atoms with van der Waals surface area (Å²) in [7, 11) is 0.